The lowest BCUT2D eigenvalue weighted by Gasteiger charge is -2.16. The smallest absolute Gasteiger partial charge is 0.306 e. The number of carbonyl (C=O) groups excluding carboxylic acids is 2. The van der Waals surface area contributed by atoms with Gasteiger partial charge in [-0.1, -0.05) is 6.07 Å². The standard InChI is InChI=1S/C12H16N2O3/c1-14(9-10-4-3-7-13-8-10)11(15)5-6-12(16)17-2/h3-4,7-8H,5-6,9H2,1-2H3. The van der Waals surface area contributed by atoms with E-state index >= 15 is 0 Å². The summed E-state index contributed by atoms with van der Waals surface area (Å²) in [5.74, 6) is -0.451. The van der Waals surface area contributed by atoms with Gasteiger partial charge in [0, 0.05) is 32.4 Å². The van der Waals surface area contributed by atoms with Crippen molar-refractivity contribution in [3.05, 3.63) is 30.1 Å². The Balaban J connectivity index is 2.40. The number of pyridine rings is 1. The van der Waals surface area contributed by atoms with Gasteiger partial charge in [-0.25, -0.2) is 0 Å². The molecular formula is C12H16N2O3. The first-order valence-electron chi connectivity index (χ1n) is 5.33. The van der Waals surface area contributed by atoms with Gasteiger partial charge < -0.3 is 9.64 Å². The minimum atomic E-state index is -0.367. The Hall–Kier alpha value is -1.91. The molecule has 0 saturated carbocycles. The fourth-order valence-electron chi connectivity index (χ4n) is 1.36. The first-order chi connectivity index (χ1) is 8.13. The summed E-state index contributed by atoms with van der Waals surface area (Å²) in [5, 5.41) is 0. The third-order valence-electron chi connectivity index (χ3n) is 2.34. The maximum atomic E-state index is 11.7. The van der Waals surface area contributed by atoms with E-state index in [-0.39, 0.29) is 24.7 Å². The predicted octanol–water partition coefficient (Wildman–Crippen LogP) is 0.993. The molecular weight excluding hydrogens is 220 g/mol. The third-order valence-corrected chi connectivity index (χ3v) is 2.34. The second kappa shape index (κ2) is 6.62. The molecule has 0 bridgehead atoms. The van der Waals surface area contributed by atoms with Crippen molar-refractivity contribution in [2.75, 3.05) is 14.2 Å². The van der Waals surface area contributed by atoms with Crippen LogP contribution in [-0.4, -0.2) is 35.9 Å². The lowest BCUT2D eigenvalue weighted by Crippen LogP contribution is -2.26. The van der Waals surface area contributed by atoms with Crippen molar-refractivity contribution >= 4 is 11.9 Å². The highest BCUT2D eigenvalue weighted by Crippen LogP contribution is 2.04. The summed E-state index contributed by atoms with van der Waals surface area (Å²) in [6, 6.07) is 3.72. The highest BCUT2D eigenvalue weighted by molar-refractivity contribution is 5.81. The van der Waals surface area contributed by atoms with E-state index in [1.54, 1.807) is 24.3 Å². The van der Waals surface area contributed by atoms with Crippen LogP contribution in [0.25, 0.3) is 0 Å². The first kappa shape index (κ1) is 13.2. The highest BCUT2D eigenvalue weighted by Gasteiger charge is 2.11. The van der Waals surface area contributed by atoms with Gasteiger partial charge in [0.2, 0.25) is 5.91 Å². The minimum Gasteiger partial charge on any atom is -0.469 e. The second-order valence-corrected chi connectivity index (χ2v) is 3.69. The average Bonchev–Trinajstić information content (AvgIpc) is 2.36. The molecule has 5 heteroatoms. The van der Waals surface area contributed by atoms with E-state index in [0.29, 0.717) is 6.54 Å². The number of nitrogens with zero attached hydrogens (tertiary/aromatic N) is 2. The Morgan fingerprint density at radius 1 is 1.41 bits per heavy atom. The van der Waals surface area contributed by atoms with Crippen molar-refractivity contribution in [1.29, 1.82) is 0 Å². The molecule has 5 nitrogen and oxygen atoms in total. The summed E-state index contributed by atoms with van der Waals surface area (Å²) >= 11 is 0. The van der Waals surface area contributed by atoms with E-state index in [2.05, 4.69) is 9.72 Å². The van der Waals surface area contributed by atoms with E-state index in [1.807, 2.05) is 12.1 Å². The van der Waals surface area contributed by atoms with Gasteiger partial charge in [-0.2, -0.15) is 0 Å². The number of rotatable bonds is 5. The van der Waals surface area contributed by atoms with Crippen LogP contribution in [0.3, 0.4) is 0 Å². The molecule has 1 heterocycles. The van der Waals surface area contributed by atoms with Crippen LogP contribution in [0, 0.1) is 0 Å². The number of ether oxygens (including phenoxy) is 1. The highest BCUT2D eigenvalue weighted by atomic mass is 16.5. The summed E-state index contributed by atoms with van der Waals surface area (Å²) in [6.07, 6.45) is 3.68. The van der Waals surface area contributed by atoms with Gasteiger partial charge in [-0.15, -0.1) is 0 Å². The SMILES string of the molecule is COC(=O)CCC(=O)N(C)Cc1cccnc1. The Morgan fingerprint density at radius 3 is 2.76 bits per heavy atom. The first-order valence-corrected chi connectivity index (χ1v) is 5.33. The second-order valence-electron chi connectivity index (χ2n) is 3.69. The Labute approximate surface area is 100 Å². The van der Waals surface area contributed by atoms with E-state index in [0.717, 1.165) is 5.56 Å². The van der Waals surface area contributed by atoms with Gasteiger partial charge in [0.1, 0.15) is 0 Å². The molecule has 0 aliphatic rings. The zero-order valence-corrected chi connectivity index (χ0v) is 10.0. The fourth-order valence-corrected chi connectivity index (χ4v) is 1.36. The van der Waals surface area contributed by atoms with Gasteiger partial charge >= 0.3 is 5.97 Å². The van der Waals surface area contributed by atoms with Gasteiger partial charge in [-0.3, -0.25) is 14.6 Å². The van der Waals surface area contributed by atoms with Crippen LogP contribution in [0.5, 0.6) is 0 Å². The molecule has 0 unspecified atom stereocenters. The van der Waals surface area contributed by atoms with Crippen molar-refractivity contribution in [3.63, 3.8) is 0 Å². The summed E-state index contributed by atoms with van der Waals surface area (Å²) in [7, 11) is 3.01. The maximum absolute atomic E-state index is 11.7. The van der Waals surface area contributed by atoms with Crippen LogP contribution >= 0.6 is 0 Å². The number of esters is 1. The van der Waals surface area contributed by atoms with Crippen molar-refractivity contribution in [3.8, 4) is 0 Å². The number of amides is 1. The Morgan fingerprint density at radius 2 is 2.18 bits per heavy atom. The molecule has 1 rings (SSSR count). The van der Waals surface area contributed by atoms with Gasteiger partial charge in [0.15, 0.2) is 0 Å². The molecule has 0 aliphatic heterocycles. The van der Waals surface area contributed by atoms with Crippen molar-refractivity contribution in [1.82, 2.24) is 9.88 Å². The fraction of sp³-hybridized carbons (Fsp3) is 0.417. The molecule has 0 N–H and O–H groups in total. The third kappa shape index (κ3) is 4.63. The number of hydrogen-bond acceptors (Lipinski definition) is 4. The van der Waals surface area contributed by atoms with Gasteiger partial charge in [-0.05, 0) is 11.6 Å². The van der Waals surface area contributed by atoms with Crippen molar-refractivity contribution in [2.24, 2.45) is 0 Å². The maximum Gasteiger partial charge on any atom is 0.306 e. The van der Waals surface area contributed by atoms with Crippen molar-refractivity contribution < 1.29 is 14.3 Å². The molecule has 0 aromatic carbocycles. The molecule has 0 spiro atoms. The van der Waals surface area contributed by atoms with Crippen LogP contribution in [0.2, 0.25) is 0 Å². The molecule has 1 amide bonds. The zero-order valence-electron chi connectivity index (χ0n) is 10.0. The van der Waals surface area contributed by atoms with E-state index in [1.165, 1.54) is 7.11 Å². The average molecular weight is 236 g/mol. The molecule has 0 fully saturated rings. The predicted molar refractivity (Wildman–Crippen MR) is 62.0 cm³/mol. The zero-order chi connectivity index (χ0) is 12.7. The molecule has 0 radical (unpaired) electrons. The summed E-state index contributed by atoms with van der Waals surface area (Å²) in [5.41, 5.74) is 0.960. The molecule has 17 heavy (non-hydrogen) atoms. The summed E-state index contributed by atoms with van der Waals surface area (Å²) < 4.78 is 4.48. The number of methoxy groups -OCH3 is 1. The normalized spacial score (nSPS) is 9.76. The molecule has 0 saturated heterocycles. The van der Waals surface area contributed by atoms with E-state index in [4.69, 9.17) is 0 Å². The summed E-state index contributed by atoms with van der Waals surface area (Å²) in [6.45, 7) is 0.494. The Kier molecular flexibility index (Phi) is 5.13. The molecule has 1 aromatic heterocycles. The summed E-state index contributed by atoms with van der Waals surface area (Å²) in [4.78, 5) is 28.1. The molecule has 92 valence electrons. The van der Waals surface area contributed by atoms with Crippen LogP contribution in [0.4, 0.5) is 0 Å². The van der Waals surface area contributed by atoms with Gasteiger partial charge in [0.05, 0.1) is 13.5 Å². The monoisotopic (exact) mass is 236 g/mol. The van der Waals surface area contributed by atoms with E-state index < -0.39 is 0 Å². The van der Waals surface area contributed by atoms with Crippen LogP contribution in [-0.2, 0) is 20.9 Å². The van der Waals surface area contributed by atoms with Crippen LogP contribution in [0.1, 0.15) is 18.4 Å². The molecule has 0 aliphatic carbocycles. The van der Waals surface area contributed by atoms with Crippen molar-refractivity contribution in [2.45, 2.75) is 19.4 Å². The number of aromatic nitrogens is 1. The quantitative estimate of drug-likeness (QED) is 0.715. The lowest BCUT2D eigenvalue weighted by atomic mass is 10.2. The van der Waals surface area contributed by atoms with Crippen LogP contribution in [0.15, 0.2) is 24.5 Å². The number of hydrogen-bond donors (Lipinski definition) is 0. The molecule has 0 atom stereocenters. The van der Waals surface area contributed by atoms with Crippen LogP contribution < -0.4 is 0 Å². The Bertz CT molecular complexity index is 379. The van der Waals surface area contributed by atoms with Gasteiger partial charge in [0.25, 0.3) is 0 Å². The number of carbonyl (C=O) groups is 2. The topological polar surface area (TPSA) is 59.5 Å². The van der Waals surface area contributed by atoms with E-state index in [9.17, 15) is 9.59 Å². The largest absolute Gasteiger partial charge is 0.469 e. The lowest BCUT2D eigenvalue weighted by molar-refractivity contribution is -0.143. The molecule has 1 aromatic rings. The minimum absolute atomic E-state index is 0.0840.